The fourth-order valence-electron chi connectivity index (χ4n) is 6.93. The molecule has 2 aliphatic rings. The maximum absolute atomic E-state index is 14.4. The van der Waals surface area contributed by atoms with E-state index in [0.717, 1.165) is 59.5 Å². The van der Waals surface area contributed by atoms with E-state index >= 15 is 0 Å². The highest BCUT2D eigenvalue weighted by Gasteiger charge is 2.61. The number of fused-ring (bicyclic) bond motifs is 1. The Morgan fingerprint density at radius 2 is 1.54 bits per heavy atom. The molecule has 3 aromatic carbocycles. The van der Waals surface area contributed by atoms with Crippen LogP contribution < -0.4 is 10.1 Å². The Morgan fingerprint density at radius 1 is 0.875 bits per heavy atom. The van der Waals surface area contributed by atoms with Gasteiger partial charge in [0.1, 0.15) is 17.2 Å². The average Bonchev–Trinajstić information content (AvgIpc) is 3.03. The van der Waals surface area contributed by atoms with Crippen molar-refractivity contribution in [2.45, 2.75) is 63.5 Å². The second kappa shape index (κ2) is 14.3. The number of rotatable bonds is 10. The number of carbonyl (C=O) groups excluding carboxylic acids is 1. The average molecular weight is 680 g/mol. The number of alkyl halides is 6. The Hall–Kier alpha value is -3.84. The number of hydrogen-bond acceptors (Lipinski definition) is 5. The summed E-state index contributed by atoms with van der Waals surface area (Å²) in [5.74, 6) is -2.44. The molecule has 0 spiro atoms. The number of carboxylic acid groups (broad SMARTS) is 1. The van der Waals surface area contributed by atoms with Crippen LogP contribution in [-0.2, 0) is 22.6 Å². The summed E-state index contributed by atoms with van der Waals surface area (Å²) in [5.41, 5.74) is 0.250. The summed E-state index contributed by atoms with van der Waals surface area (Å²) in [6, 6.07) is 15.1. The molecule has 0 bridgehead atoms. The number of likely N-dealkylation sites (tertiary alicyclic amines) is 2. The van der Waals surface area contributed by atoms with Crippen molar-refractivity contribution in [3.63, 3.8) is 0 Å². The number of carboxylic acids is 1. The van der Waals surface area contributed by atoms with Gasteiger partial charge in [0.25, 0.3) is 0 Å². The lowest BCUT2D eigenvalue weighted by Crippen LogP contribution is -2.59. The van der Waals surface area contributed by atoms with E-state index in [4.69, 9.17) is 4.74 Å². The molecule has 0 aromatic heterocycles. The van der Waals surface area contributed by atoms with Crippen molar-refractivity contribution in [1.29, 1.82) is 0 Å². The Kier molecular flexibility index (Phi) is 10.6. The smallest absolute Gasteiger partial charge is 0.403 e. The maximum atomic E-state index is 14.4. The second-order valence-electron chi connectivity index (χ2n) is 12.7. The van der Waals surface area contributed by atoms with Crippen molar-refractivity contribution in [2.75, 3.05) is 39.8 Å². The van der Waals surface area contributed by atoms with Crippen LogP contribution in [0.2, 0.25) is 0 Å². The lowest BCUT2D eigenvalue weighted by atomic mass is 9.76. The molecule has 2 heterocycles. The van der Waals surface area contributed by atoms with Gasteiger partial charge < -0.3 is 15.2 Å². The molecule has 2 fully saturated rings. The molecule has 0 saturated carbocycles. The molecule has 5 rings (SSSR count). The fraction of sp³-hybridized carbons (Fsp3) is 0.486. The summed E-state index contributed by atoms with van der Waals surface area (Å²) in [4.78, 5) is 28.8. The zero-order valence-corrected chi connectivity index (χ0v) is 26.6. The molecular weight excluding hydrogens is 640 g/mol. The number of aliphatic carboxylic acids is 1. The van der Waals surface area contributed by atoms with E-state index in [2.05, 4.69) is 16.3 Å². The first-order valence-electron chi connectivity index (χ1n) is 16.0. The SMILES string of the molecule is COc1ccc(CN2CCCCC2)cc1-c1cccc2c(C[C@H](NC(=O)C3(C(F)(F)F)CCN(CC(F)(F)F)CC3)C(=O)O)cccc12. The van der Waals surface area contributed by atoms with Crippen LogP contribution in [0, 0.1) is 5.41 Å². The van der Waals surface area contributed by atoms with E-state index in [-0.39, 0.29) is 6.42 Å². The molecule has 48 heavy (non-hydrogen) atoms. The van der Waals surface area contributed by atoms with Crippen molar-refractivity contribution < 1.29 is 45.8 Å². The normalized spacial score (nSPS) is 18.4. The quantitative estimate of drug-likeness (QED) is 0.229. The molecule has 2 N–H and O–H groups in total. The van der Waals surface area contributed by atoms with Crippen LogP contribution in [0.1, 0.15) is 43.2 Å². The van der Waals surface area contributed by atoms with E-state index < -0.39 is 68.2 Å². The molecule has 13 heteroatoms. The van der Waals surface area contributed by atoms with Crippen LogP contribution in [0.3, 0.4) is 0 Å². The Morgan fingerprint density at radius 3 is 2.17 bits per heavy atom. The first-order valence-corrected chi connectivity index (χ1v) is 16.0. The first-order chi connectivity index (χ1) is 22.7. The highest BCUT2D eigenvalue weighted by atomic mass is 19.4. The van der Waals surface area contributed by atoms with E-state index in [9.17, 15) is 41.0 Å². The van der Waals surface area contributed by atoms with Crippen LogP contribution in [0.25, 0.3) is 21.9 Å². The molecule has 0 radical (unpaired) electrons. The zero-order chi connectivity index (χ0) is 34.7. The lowest BCUT2D eigenvalue weighted by molar-refractivity contribution is -0.236. The number of piperidine rings is 2. The predicted octanol–water partition coefficient (Wildman–Crippen LogP) is 6.82. The number of carbonyl (C=O) groups is 2. The number of amides is 1. The highest BCUT2D eigenvalue weighted by Crippen LogP contribution is 2.47. The van der Waals surface area contributed by atoms with Gasteiger partial charge in [-0.25, -0.2) is 4.79 Å². The summed E-state index contributed by atoms with van der Waals surface area (Å²) in [6.45, 7) is 0.227. The molecular formula is C35H39F6N3O4. The molecule has 0 unspecified atom stereocenters. The van der Waals surface area contributed by atoms with Crippen LogP contribution in [0.15, 0.2) is 54.6 Å². The molecule has 1 amide bonds. The van der Waals surface area contributed by atoms with Crippen molar-refractivity contribution >= 4 is 22.6 Å². The van der Waals surface area contributed by atoms with Gasteiger partial charge in [0.15, 0.2) is 0 Å². The van der Waals surface area contributed by atoms with E-state index in [0.29, 0.717) is 16.7 Å². The lowest BCUT2D eigenvalue weighted by Gasteiger charge is -2.42. The van der Waals surface area contributed by atoms with Crippen molar-refractivity contribution in [3.8, 4) is 16.9 Å². The third kappa shape index (κ3) is 7.89. The van der Waals surface area contributed by atoms with Crippen molar-refractivity contribution in [1.82, 2.24) is 15.1 Å². The summed E-state index contributed by atoms with van der Waals surface area (Å²) in [6.07, 6.45) is -8.31. The molecule has 1 atom stereocenters. The van der Waals surface area contributed by atoms with Crippen LogP contribution in [0.4, 0.5) is 26.3 Å². The predicted molar refractivity (Wildman–Crippen MR) is 169 cm³/mol. The summed E-state index contributed by atoms with van der Waals surface area (Å²) >= 11 is 0. The molecule has 0 aliphatic carbocycles. The molecule has 2 saturated heterocycles. The second-order valence-corrected chi connectivity index (χ2v) is 12.7. The van der Waals surface area contributed by atoms with Gasteiger partial charge in [-0.2, -0.15) is 26.3 Å². The first kappa shape index (κ1) is 35.5. The minimum absolute atomic E-state index is 0.317. The number of methoxy groups -OCH3 is 1. The number of nitrogens with one attached hydrogen (secondary N) is 1. The molecule has 2 aliphatic heterocycles. The van der Waals surface area contributed by atoms with Gasteiger partial charge in [0.05, 0.1) is 13.7 Å². The fourth-order valence-corrected chi connectivity index (χ4v) is 6.93. The summed E-state index contributed by atoms with van der Waals surface area (Å²) < 4.78 is 87.3. The van der Waals surface area contributed by atoms with Crippen molar-refractivity contribution in [3.05, 3.63) is 65.7 Å². The summed E-state index contributed by atoms with van der Waals surface area (Å²) in [5, 5.41) is 13.5. The van der Waals surface area contributed by atoms with Gasteiger partial charge in [-0.15, -0.1) is 0 Å². The number of ether oxygens (including phenoxy) is 1. The largest absolute Gasteiger partial charge is 0.496 e. The van der Waals surface area contributed by atoms with Crippen LogP contribution in [0.5, 0.6) is 5.75 Å². The number of nitrogens with zero attached hydrogens (tertiary/aromatic N) is 2. The monoisotopic (exact) mass is 679 g/mol. The third-order valence-corrected chi connectivity index (χ3v) is 9.54. The van der Waals surface area contributed by atoms with Gasteiger partial charge in [-0.05, 0) is 91.5 Å². The van der Waals surface area contributed by atoms with Crippen LogP contribution >= 0.6 is 0 Å². The molecule has 260 valence electrons. The third-order valence-electron chi connectivity index (χ3n) is 9.54. The minimum atomic E-state index is -5.10. The number of benzene rings is 3. The van der Waals surface area contributed by atoms with E-state index in [1.54, 1.807) is 31.4 Å². The van der Waals surface area contributed by atoms with Crippen molar-refractivity contribution in [2.24, 2.45) is 5.41 Å². The Balaban J connectivity index is 1.41. The number of halogens is 6. The maximum Gasteiger partial charge on any atom is 0.403 e. The van der Waals surface area contributed by atoms with E-state index in [1.807, 2.05) is 24.3 Å². The number of hydrogen-bond donors (Lipinski definition) is 2. The van der Waals surface area contributed by atoms with Crippen LogP contribution in [-0.4, -0.2) is 85.0 Å². The topological polar surface area (TPSA) is 82.1 Å². The highest BCUT2D eigenvalue weighted by molar-refractivity contribution is 6.00. The van der Waals surface area contributed by atoms with E-state index in [1.165, 1.54) is 6.42 Å². The minimum Gasteiger partial charge on any atom is -0.496 e. The Bertz CT molecular complexity index is 1610. The summed E-state index contributed by atoms with van der Waals surface area (Å²) in [7, 11) is 1.58. The van der Waals surface area contributed by atoms with Gasteiger partial charge >= 0.3 is 18.3 Å². The van der Waals surface area contributed by atoms with Gasteiger partial charge in [-0.1, -0.05) is 48.9 Å². The zero-order valence-electron chi connectivity index (χ0n) is 26.6. The van der Waals surface area contributed by atoms with Gasteiger partial charge in [0.2, 0.25) is 5.91 Å². The van der Waals surface area contributed by atoms with Gasteiger partial charge in [-0.3, -0.25) is 14.6 Å². The standard InChI is InChI=1S/C35H39F6N3O4/c1-48-30-12-11-23(21-43-15-3-2-4-16-43)19-28(30)27-10-6-8-25-24(7-5-9-26(25)27)20-29(31(45)46)42-32(47)33(35(39,40)41)13-17-44(18-14-33)22-34(36,37)38/h5-12,19,29H,2-4,13-18,20-22H2,1H3,(H,42,47)(H,45,46)/t29-/m0/s1. The molecule has 3 aromatic rings. The Labute approximate surface area is 274 Å². The molecule has 7 nitrogen and oxygen atoms in total. The van der Waals surface area contributed by atoms with Gasteiger partial charge in [0, 0.05) is 18.5 Å².